The fourth-order valence-corrected chi connectivity index (χ4v) is 1.88. The minimum absolute atomic E-state index is 0.115. The normalized spacial score (nSPS) is 28.8. The van der Waals surface area contributed by atoms with Crippen LogP contribution in [0, 0.1) is 5.92 Å². The highest BCUT2D eigenvalue weighted by Gasteiger charge is 2.17. The Kier molecular flexibility index (Phi) is 4.02. The van der Waals surface area contributed by atoms with Gasteiger partial charge < -0.3 is 10.0 Å². The Balaban J connectivity index is 2.22. The van der Waals surface area contributed by atoms with Gasteiger partial charge >= 0.3 is 0 Å². The van der Waals surface area contributed by atoms with Crippen LogP contribution in [0.25, 0.3) is 0 Å². The number of nitrogens with zero attached hydrogens (tertiary/aromatic N) is 1. The number of aliphatic hydroxyl groups is 1. The molecule has 0 saturated carbocycles. The second-order valence-electron chi connectivity index (χ2n) is 4.07. The molecule has 2 nitrogen and oxygen atoms in total. The van der Waals surface area contributed by atoms with Crippen molar-refractivity contribution in [3.63, 3.8) is 0 Å². The summed E-state index contributed by atoms with van der Waals surface area (Å²) in [6.07, 6.45) is 3.43. The van der Waals surface area contributed by atoms with Crippen LogP contribution in [0.2, 0.25) is 0 Å². The topological polar surface area (TPSA) is 23.5 Å². The van der Waals surface area contributed by atoms with E-state index in [2.05, 4.69) is 11.8 Å². The predicted molar refractivity (Wildman–Crippen MR) is 51.1 cm³/mol. The minimum Gasteiger partial charge on any atom is -0.392 e. The summed E-state index contributed by atoms with van der Waals surface area (Å²) in [7, 11) is 0. The van der Waals surface area contributed by atoms with Crippen LogP contribution >= 0.6 is 0 Å². The first kappa shape index (κ1) is 10.0. The minimum atomic E-state index is -0.115. The quantitative estimate of drug-likeness (QED) is 0.695. The molecule has 72 valence electrons. The number of hydrogen-bond donors (Lipinski definition) is 1. The highest BCUT2D eigenvalue weighted by molar-refractivity contribution is 4.71. The summed E-state index contributed by atoms with van der Waals surface area (Å²) in [5, 5.41) is 9.45. The van der Waals surface area contributed by atoms with E-state index < -0.39 is 0 Å². The van der Waals surface area contributed by atoms with Gasteiger partial charge in [0.2, 0.25) is 0 Å². The monoisotopic (exact) mass is 171 g/mol. The fraction of sp³-hybridized carbons (Fsp3) is 1.00. The Bertz CT molecular complexity index is 127. The highest BCUT2D eigenvalue weighted by Crippen LogP contribution is 2.15. The summed E-state index contributed by atoms with van der Waals surface area (Å²) in [6.45, 7) is 7.57. The van der Waals surface area contributed by atoms with Gasteiger partial charge in [-0.2, -0.15) is 0 Å². The summed E-state index contributed by atoms with van der Waals surface area (Å²) >= 11 is 0. The molecule has 12 heavy (non-hydrogen) atoms. The van der Waals surface area contributed by atoms with E-state index >= 15 is 0 Å². The molecule has 0 bridgehead atoms. The average molecular weight is 171 g/mol. The SMILES string of the molecule is CC[C@@H](O)CN1CCC[C@H](C)C1. The van der Waals surface area contributed by atoms with Crippen molar-refractivity contribution in [2.45, 2.75) is 39.2 Å². The van der Waals surface area contributed by atoms with E-state index in [0.717, 1.165) is 18.9 Å². The van der Waals surface area contributed by atoms with Gasteiger partial charge in [0.05, 0.1) is 6.10 Å². The van der Waals surface area contributed by atoms with Gasteiger partial charge in [0.15, 0.2) is 0 Å². The van der Waals surface area contributed by atoms with Crippen LogP contribution in [0.1, 0.15) is 33.1 Å². The Morgan fingerprint density at radius 2 is 2.33 bits per heavy atom. The van der Waals surface area contributed by atoms with E-state index in [1.54, 1.807) is 0 Å². The molecule has 1 aliphatic heterocycles. The van der Waals surface area contributed by atoms with Crippen molar-refractivity contribution in [2.24, 2.45) is 5.92 Å². The molecule has 0 aromatic carbocycles. The Labute approximate surface area is 75.6 Å². The van der Waals surface area contributed by atoms with Gasteiger partial charge in [-0.3, -0.25) is 0 Å². The predicted octanol–water partition coefficient (Wildman–Crippen LogP) is 1.49. The van der Waals surface area contributed by atoms with E-state index in [-0.39, 0.29) is 6.10 Å². The third kappa shape index (κ3) is 3.11. The lowest BCUT2D eigenvalue weighted by Crippen LogP contribution is -2.39. The summed E-state index contributed by atoms with van der Waals surface area (Å²) in [5.41, 5.74) is 0. The molecule has 2 atom stereocenters. The van der Waals surface area contributed by atoms with Gasteiger partial charge in [0, 0.05) is 13.1 Å². The number of β-amino-alcohol motifs (C(OH)–C–C–N with tert-alkyl or cyclic N) is 1. The van der Waals surface area contributed by atoms with Crippen LogP contribution in [-0.4, -0.2) is 35.7 Å². The molecule has 1 rings (SSSR count). The zero-order valence-corrected chi connectivity index (χ0v) is 8.29. The van der Waals surface area contributed by atoms with E-state index in [1.807, 2.05) is 6.92 Å². The van der Waals surface area contributed by atoms with Crippen molar-refractivity contribution in [2.75, 3.05) is 19.6 Å². The van der Waals surface area contributed by atoms with Crippen molar-refractivity contribution >= 4 is 0 Å². The summed E-state index contributed by atoms with van der Waals surface area (Å²) in [6, 6.07) is 0. The molecule has 1 N–H and O–H groups in total. The molecule has 0 aliphatic carbocycles. The van der Waals surface area contributed by atoms with Crippen LogP contribution in [0.3, 0.4) is 0 Å². The second kappa shape index (κ2) is 4.83. The molecular weight excluding hydrogens is 150 g/mol. The molecule has 1 fully saturated rings. The molecule has 1 saturated heterocycles. The summed E-state index contributed by atoms with van der Waals surface area (Å²) < 4.78 is 0. The van der Waals surface area contributed by atoms with Gasteiger partial charge in [-0.25, -0.2) is 0 Å². The first-order chi connectivity index (χ1) is 5.72. The number of hydrogen-bond acceptors (Lipinski definition) is 2. The fourth-order valence-electron chi connectivity index (χ4n) is 1.88. The summed E-state index contributed by atoms with van der Waals surface area (Å²) in [5.74, 6) is 0.822. The third-order valence-corrected chi connectivity index (χ3v) is 2.68. The highest BCUT2D eigenvalue weighted by atomic mass is 16.3. The van der Waals surface area contributed by atoms with Gasteiger partial charge in [0.25, 0.3) is 0 Å². The molecule has 0 radical (unpaired) electrons. The second-order valence-corrected chi connectivity index (χ2v) is 4.07. The number of aliphatic hydroxyl groups excluding tert-OH is 1. The van der Waals surface area contributed by atoms with Crippen molar-refractivity contribution < 1.29 is 5.11 Å². The maximum absolute atomic E-state index is 9.45. The largest absolute Gasteiger partial charge is 0.392 e. The van der Waals surface area contributed by atoms with Crippen LogP contribution in [0.15, 0.2) is 0 Å². The Hall–Kier alpha value is -0.0800. The van der Waals surface area contributed by atoms with E-state index in [0.29, 0.717) is 0 Å². The lowest BCUT2D eigenvalue weighted by molar-refractivity contribution is 0.0853. The first-order valence-electron chi connectivity index (χ1n) is 5.12. The molecule has 0 aromatic heterocycles. The third-order valence-electron chi connectivity index (χ3n) is 2.68. The molecule has 0 amide bonds. The van der Waals surface area contributed by atoms with Crippen molar-refractivity contribution in [3.8, 4) is 0 Å². The van der Waals surface area contributed by atoms with Gasteiger partial charge in [-0.15, -0.1) is 0 Å². The number of rotatable bonds is 3. The Morgan fingerprint density at radius 1 is 1.58 bits per heavy atom. The van der Waals surface area contributed by atoms with E-state index in [9.17, 15) is 5.11 Å². The first-order valence-corrected chi connectivity index (χ1v) is 5.12. The van der Waals surface area contributed by atoms with E-state index in [4.69, 9.17) is 0 Å². The summed E-state index contributed by atoms with van der Waals surface area (Å²) in [4.78, 5) is 2.39. The van der Waals surface area contributed by atoms with Gasteiger partial charge in [0.1, 0.15) is 0 Å². The average Bonchev–Trinajstić information content (AvgIpc) is 2.04. The zero-order chi connectivity index (χ0) is 8.97. The lowest BCUT2D eigenvalue weighted by Gasteiger charge is -2.31. The molecule has 0 aromatic rings. The van der Waals surface area contributed by atoms with Crippen LogP contribution in [-0.2, 0) is 0 Å². The number of piperidine rings is 1. The molecule has 2 heteroatoms. The van der Waals surface area contributed by atoms with Crippen molar-refractivity contribution in [1.82, 2.24) is 4.90 Å². The van der Waals surface area contributed by atoms with Crippen molar-refractivity contribution in [1.29, 1.82) is 0 Å². The van der Waals surface area contributed by atoms with Crippen LogP contribution in [0.5, 0.6) is 0 Å². The van der Waals surface area contributed by atoms with Gasteiger partial charge in [-0.05, 0) is 31.7 Å². The molecule has 0 spiro atoms. The maximum atomic E-state index is 9.45. The van der Waals surface area contributed by atoms with E-state index in [1.165, 1.54) is 25.9 Å². The zero-order valence-electron chi connectivity index (χ0n) is 8.29. The smallest absolute Gasteiger partial charge is 0.0664 e. The molecule has 0 unspecified atom stereocenters. The number of likely N-dealkylation sites (tertiary alicyclic amines) is 1. The van der Waals surface area contributed by atoms with Gasteiger partial charge in [-0.1, -0.05) is 13.8 Å². The molecule has 1 heterocycles. The van der Waals surface area contributed by atoms with Crippen LogP contribution in [0.4, 0.5) is 0 Å². The molecule has 1 aliphatic rings. The Morgan fingerprint density at radius 3 is 2.92 bits per heavy atom. The lowest BCUT2D eigenvalue weighted by atomic mass is 10.00. The van der Waals surface area contributed by atoms with Crippen LogP contribution < -0.4 is 0 Å². The maximum Gasteiger partial charge on any atom is 0.0664 e. The molecular formula is C10H21NO. The van der Waals surface area contributed by atoms with Crippen molar-refractivity contribution in [3.05, 3.63) is 0 Å². The standard InChI is InChI=1S/C10H21NO/c1-3-10(12)8-11-6-4-5-9(2)7-11/h9-10,12H,3-8H2,1-2H3/t9-,10+/m0/s1.